The third-order valence-corrected chi connectivity index (χ3v) is 3.11. The van der Waals surface area contributed by atoms with Crippen molar-refractivity contribution in [2.45, 2.75) is 6.42 Å². The Morgan fingerprint density at radius 3 is 2.55 bits per heavy atom. The highest BCUT2D eigenvalue weighted by Crippen LogP contribution is 2.17. The highest BCUT2D eigenvalue weighted by molar-refractivity contribution is 6.30. The lowest BCUT2D eigenvalue weighted by atomic mass is 10.1. The number of nitrogens with one attached hydrogen (secondary N) is 1. The molecule has 0 aromatic heterocycles. The molecule has 0 heterocycles. The van der Waals surface area contributed by atoms with Crippen LogP contribution in [0.3, 0.4) is 0 Å². The first-order valence-electron chi connectivity index (χ1n) is 6.63. The maximum absolute atomic E-state index is 13.3. The highest BCUT2D eigenvalue weighted by atomic mass is 35.5. The van der Waals surface area contributed by atoms with Gasteiger partial charge in [0.05, 0.1) is 13.0 Å². The van der Waals surface area contributed by atoms with Crippen LogP contribution in [0.5, 0.6) is 5.75 Å². The predicted octanol–water partition coefficient (Wildman–Crippen LogP) is 3.36. The van der Waals surface area contributed by atoms with Crippen LogP contribution in [0.4, 0.5) is 8.78 Å². The first-order valence-corrected chi connectivity index (χ1v) is 7.01. The molecule has 0 saturated heterocycles. The largest absolute Gasteiger partial charge is 0.489 e. The van der Waals surface area contributed by atoms with Crippen LogP contribution in [-0.2, 0) is 11.2 Å². The van der Waals surface area contributed by atoms with E-state index in [2.05, 4.69) is 5.32 Å². The van der Waals surface area contributed by atoms with Crippen LogP contribution < -0.4 is 10.1 Å². The maximum atomic E-state index is 13.3. The van der Waals surface area contributed by atoms with Gasteiger partial charge in [0, 0.05) is 11.1 Å². The monoisotopic (exact) mass is 325 g/mol. The van der Waals surface area contributed by atoms with Crippen LogP contribution in [0, 0.1) is 11.6 Å². The summed E-state index contributed by atoms with van der Waals surface area (Å²) in [5.74, 6) is -1.66. The quantitative estimate of drug-likeness (QED) is 0.827. The number of benzene rings is 2. The fraction of sp³-hybridized carbons (Fsp3) is 0.188. The van der Waals surface area contributed by atoms with Gasteiger partial charge in [-0.15, -0.1) is 0 Å². The van der Waals surface area contributed by atoms with Gasteiger partial charge >= 0.3 is 0 Å². The van der Waals surface area contributed by atoms with Gasteiger partial charge in [-0.25, -0.2) is 8.78 Å². The van der Waals surface area contributed by atoms with Crippen molar-refractivity contribution in [2.75, 3.05) is 13.2 Å². The molecule has 0 unspecified atom stereocenters. The van der Waals surface area contributed by atoms with E-state index < -0.39 is 11.6 Å². The maximum Gasteiger partial charge on any atom is 0.224 e. The molecule has 2 aromatic carbocycles. The van der Waals surface area contributed by atoms with Gasteiger partial charge in [0.15, 0.2) is 11.6 Å². The van der Waals surface area contributed by atoms with Crippen molar-refractivity contribution < 1.29 is 18.3 Å². The normalized spacial score (nSPS) is 10.3. The summed E-state index contributed by atoms with van der Waals surface area (Å²) in [6.45, 7) is 0.318. The van der Waals surface area contributed by atoms with Crippen molar-refractivity contribution in [3.05, 3.63) is 64.7 Å². The molecule has 2 rings (SSSR count). The Morgan fingerprint density at radius 1 is 1.14 bits per heavy atom. The SMILES string of the molecule is O=C(Cc1ccc(Cl)cc1)NCCOc1ccc(F)cc1F. The number of hydrogen-bond acceptors (Lipinski definition) is 2. The fourth-order valence-electron chi connectivity index (χ4n) is 1.79. The lowest BCUT2D eigenvalue weighted by Gasteiger charge is -2.08. The van der Waals surface area contributed by atoms with E-state index in [1.165, 1.54) is 6.07 Å². The Balaban J connectivity index is 1.72. The molecule has 116 valence electrons. The fourth-order valence-corrected chi connectivity index (χ4v) is 1.92. The zero-order chi connectivity index (χ0) is 15.9. The average Bonchev–Trinajstić information content (AvgIpc) is 2.48. The number of carbonyl (C=O) groups is 1. The molecule has 0 aliphatic rings. The molecule has 1 amide bonds. The van der Waals surface area contributed by atoms with Crippen molar-refractivity contribution in [3.8, 4) is 5.75 Å². The molecule has 22 heavy (non-hydrogen) atoms. The minimum atomic E-state index is -0.771. The van der Waals surface area contributed by atoms with E-state index >= 15 is 0 Å². The summed E-state index contributed by atoms with van der Waals surface area (Å²) in [5, 5.41) is 3.26. The number of ether oxygens (including phenoxy) is 1. The summed E-state index contributed by atoms with van der Waals surface area (Å²) in [4.78, 5) is 11.7. The van der Waals surface area contributed by atoms with Gasteiger partial charge in [-0.05, 0) is 29.8 Å². The van der Waals surface area contributed by atoms with Crippen LogP contribution in [0.2, 0.25) is 5.02 Å². The van der Waals surface area contributed by atoms with E-state index in [1.54, 1.807) is 24.3 Å². The first-order chi connectivity index (χ1) is 10.5. The molecule has 0 atom stereocenters. The molecule has 0 radical (unpaired) electrons. The Bertz CT molecular complexity index is 647. The molecule has 0 fully saturated rings. The second-order valence-electron chi connectivity index (χ2n) is 4.58. The van der Waals surface area contributed by atoms with Gasteiger partial charge in [-0.2, -0.15) is 0 Å². The summed E-state index contributed by atoms with van der Waals surface area (Å²) in [5.41, 5.74) is 0.840. The van der Waals surface area contributed by atoms with Crippen LogP contribution in [0.15, 0.2) is 42.5 Å². The van der Waals surface area contributed by atoms with Gasteiger partial charge in [0.1, 0.15) is 12.4 Å². The van der Waals surface area contributed by atoms with E-state index in [9.17, 15) is 13.6 Å². The second kappa shape index (κ2) is 7.75. The van der Waals surface area contributed by atoms with Crippen LogP contribution in [0.25, 0.3) is 0 Å². The van der Waals surface area contributed by atoms with Crippen LogP contribution in [0.1, 0.15) is 5.56 Å². The Morgan fingerprint density at radius 2 is 1.86 bits per heavy atom. The predicted molar refractivity (Wildman–Crippen MR) is 80.0 cm³/mol. The van der Waals surface area contributed by atoms with Gasteiger partial charge in [-0.1, -0.05) is 23.7 Å². The molecule has 0 bridgehead atoms. The van der Waals surface area contributed by atoms with E-state index in [1.807, 2.05) is 0 Å². The molecule has 0 aliphatic heterocycles. The summed E-state index contributed by atoms with van der Waals surface area (Å²) in [7, 11) is 0. The van der Waals surface area contributed by atoms with Crippen molar-refractivity contribution in [3.63, 3.8) is 0 Å². The van der Waals surface area contributed by atoms with E-state index in [0.29, 0.717) is 5.02 Å². The highest BCUT2D eigenvalue weighted by Gasteiger charge is 2.06. The lowest BCUT2D eigenvalue weighted by Crippen LogP contribution is -2.29. The molecule has 0 saturated carbocycles. The zero-order valence-electron chi connectivity index (χ0n) is 11.6. The molecule has 3 nitrogen and oxygen atoms in total. The lowest BCUT2D eigenvalue weighted by molar-refractivity contribution is -0.120. The topological polar surface area (TPSA) is 38.3 Å². The number of rotatable bonds is 6. The first kappa shape index (κ1) is 16.2. The number of amides is 1. The zero-order valence-corrected chi connectivity index (χ0v) is 12.4. The Kier molecular flexibility index (Phi) is 5.72. The van der Waals surface area contributed by atoms with Crippen molar-refractivity contribution in [2.24, 2.45) is 0 Å². The van der Waals surface area contributed by atoms with Gasteiger partial charge in [0.2, 0.25) is 5.91 Å². The Hall–Kier alpha value is -2.14. The van der Waals surface area contributed by atoms with E-state index in [0.717, 1.165) is 17.7 Å². The van der Waals surface area contributed by atoms with Crippen LogP contribution >= 0.6 is 11.6 Å². The van der Waals surface area contributed by atoms with E-state index in [4.69, 9.17) is 16.3 Å². The summed E-state index contributed by atoms with van der Waals surface area (Å²) < 4.78 is 31.1. The van der Waals surface area contributed by atoms with Gasteiger partial charge < -0.3 is 10.1 Å². The summed E-state index contributed by atoms with van der Waals surface area (Å²) >= 11 is 5.76. The molecule has 1 N–H and O–H groups in total. The number of carbonyl (C=O) groups excluding carboxylic acids is 1. The molecule has 2 aromatic rings. The average molecular weight is 326 g/mol. The third-order valence-electron chi connectivity index (χ3n) is 2.85. The molecule has 0 spiro atoms. The van der Waals surface area contributed by atoms with Crippen LogP contribution in [-0.4, -0.2) is 19.1 Å². The standard InChI is InChI=1S/C16H14ClF2NO2/c17-12-3-1-11(2-4-12)9-16(21)20-7-8-22-15-6-5-13(18)10-14(15)19/h1-6,10H,7-9H2,(H,20,21). The third kappa shape index (κ3) is 5.00. The Labute approximate surface area is 131 Å². The van der Waals surface area contributed by atoms with E-state index in [-0.39, 0.29) is 31.2 Å². The molecular formula is C16H14ClF2NO2. The summed E-state index contributed by atoms with van der Waals surface area (Å²) in [6, 6.07) is 10.0. The minimum absolute atomic E-state index is 0.0478. The van der Waals surface area contributed by atoms with Gasteiger partial charge in [0.25, 0.3) is 0 Å². The smallest absolute Gasteiger partial charge is 0.224 e. The van der Waals surface area contributed by atoms with Crippen molar-refractivity contribution >= 4 is 17.5 Å². The van der Waals surface area contributed by atoms with Crippen molar-refractivity contribution in [1.82, 2.24) is 5.32 Å². The molecule has 0 aliphatic carbocycles. The second-order valence-corrected chi connectivity index (χ2v) is 5.01. The molecule has 6 heteroatoms. The number of hydrogen-bond donors (Lipinski definition) is 1. The van der Waals surface area contributed by atoms with Crippen molar-refractivity contribution in [1.29, 1.82) is 0 Å². The summed E-state index contributed by atoms with van der Waals surface area (Å²) in [6.07, 6.45) is 0.224. The minimum Gasteiger partial charge on any atom is -0.489 e. The molecular weight excluding hydrogens is 312 g/mol. The van der Waals surface area contributed by atoms with Gasteiger partial charge in [-0.3, -0.25) is 4.79 Å². The number of halogens is 3.